The van der Waals surface area contributed by atoms with Gasteiger partial charge in [0.15, 0.2) is 0 Å². The van der Waals surface area contributed by atoms with Crippen LogP contribution in [0.5, 0.6) is 0 Å². The summed E-state index contributed by atoms with van der Waals surface area (Å²) in [5.41, 5.74) is 3.08. The number of thiol groups is 1. The van der Waals surface area contributed by atoms with Gasteiger partial charge in [-0.05, 0) is 5.37 Å². The molecule has 2 nitrogen and oxygen atoms in total. The number of nitrogens with one attached hydrogen (secondary N) is 1. The molecular formula is C3H8N2S2. The highest BCUT2D eigenvalue weighted by molar-refractivity contribution is 8.75. The summed E-state index contributed by atoms with van der Waals surface area (Å²) in [5.74, 6) is 0. The molecule has 1 aliphatic heterocycles. The topological polar surface area (TPSA) is 15.3 Å². The Balaban J connectivity index is 2.54. The molecule has 42 valence electrons. The molecule has 0 amide bonds. The minimum absolute atomic E-state index is 0.0741. The molecule has 0 bridgehead atoms. The standard InChI is InChI=1S/C3H8N2S2/c1-5-4-2-3-7(5)6/h3-4,6H,2H2,1H3. The highest BCUT2D eigenvalue weighted by atomic mass is 33.1. The van der Waals surface area contributed by atoms with E-state index < -0.39 is 0 Å². The molecule has 1 rings (SSSR count). The van der Waals surface area contributed by atoms with Crippen molar-refractivity contribution in [2.24, 2.45) is 0 Å². The number of hydrogen-bond donors (Lipinski definition) is 2. The van der Waals surface area contributed by atoms with Gasteiger partial charge in [0.25, 0.3) is 0 Å². The van der Waals surface area contributed by atoms with E-state index in [0.717, 1.165) is 6.54 Å². The van der Waals surface area contributed by atoms with E-state index in [0.29, 0.717) is 0 Å². The fourth-order valence-corrected chi connectivity index (χ4v) is 1.47. The first kappa shape index (κ1) is 5.62. The van der Waals surface area contributed by atoms with E-state index in [1.165, 1.54) is 0 Å². The van der Waals surface area contributed by atoms with Gasteiger partial charge in [0, 0.05) is 13.6 Å². The number of hydrazine groups is 1. The summed E-state index contributed by atoms with van der Waals surface area (Å²) in [7, 11) is 2.06. The maximum atomic E-state index is 4.22. The zero-order valence-corrected chi connectivity index (χ0v) is 5.80. The lowest BCUT2D eigenvalue weighted by Crippen LogP contribution is -2.23. The molecule has 1 unspecified atom stereocenters. The largest absolute Gasteiger partial charge is 0.241 e. The summed E-state index contributed by atoms with van der Waals surface area (Å²) in [6, 6.07) is 0. The molecule has 0 aromatic rings. The molecule has 0 spiro atoms. The monoisotopic (exact) mass is 136 g/mol. The average Bonchev–Trinajstić information content (AvgIpc) is 1.91. The van der Waals surface area contributed by atoms with E-state index >= 15 is 0 Å². The Bertz CT molecular complexity index is 101. The van der Waals surface area contributed by atoms with Crippen molar-refractivity contribution in [2.45, 2.75) is 0 Å². The van der Waals surface area contributed by atoms with Crippen LogP contribution in [-0.2, 0) is 0 Å². The van der Waals surface area contributed by atoms with Crippen LogP contribution in [0.2, 0.25) is 0 Å². The van der Waals surface area contributed by atoms with Gasteiger partial charge in [-0.2, -0.15) is 4.41 Å². The molecule has 0 saturated carbocycles. The molecule has 0 aliphatic carbocycles. The van der Waals surface area contributed by atoms with Gasteiger partial charge in [-0.25, -0.2) is 5.43 Å². The molecule has 0 fully saturated rings. The molecule has 1 aliphatic rings. The second kappa shape index (κ2) is 2.17. The Kier molecular flexibility index (Phi) is 1.74. The van der Waals surface area contributed by atoms with E-state index in [1.807, 2.05) is 11.5 Å². The summed E-state index contributed by atoms with van der Waals surface area (Å²) >= 11 is 4.22. The Morgan fingerprint density at radius 3 is 2.86 bits per heavy atom. The first-order chi connectivity index (χ1) is 3.30. The molecule has 1 atom stereocenters. The van der Waals surface area contributed by atoms with Crippen LogP contribution >= 0.6 is 21.4 Å². The lowest BCUT2D eigenvalue weighted by molar-refractivity contribution is 0.462. The zero-order chi connectivity index (χ0) is 5.28. The lowest BCUT2D eigenvalue weighted by atomic mass is 10.8. The highest BCUT2D eigenvalue weighted by Gasteiger charge is 2.02. The van der Waals surface area contributed by atoms with Gasteiger partial charge in [0.1, 0.15) is 0 Å². The van der Waals surface area contributed by atoms with Gasteiger partial charge in [0.05, 0.1) is 0 Å². The Hall–Kier alpha value is 0.490. The summed E-state index contributed by atoms with van der Waals surface area (Å²) < 4.78 is 1.99. The van der Waals surface area contributed by atoms with E-state index in [1.54, 1.807) is 0 Å². The van der Waals surface area contributed by atoms with Gasteiger partial charge in [-0.1, -0.05) is 9.70 Å². The average molecular weight is 136 g/mol. The van der Waals surface area contributed by atoms with Crippen molar-refractivity contribution in [3.05, 3.63) is 0 Å². The zero-order valence-electron chi connectivity index (χ0n) is 4.09. The first-order valence-corrected chi connectivity index (χ1v) is 4.33. The van der Waals surface area contributed by atoms with Crippen molar-refractivity contribution < 1.29 is 0 Å². The number of nitrogens with zero attached hydrogens (tertiary/aromatic N) is 1. The minimum atomic E-state index is 0.0741. The van der Waals surface area contributed by atoms with Gasteiger partial charge in [0.2, 0.25) is 0 Å². The van der Waals surface area contributed by atoms with Crippen LogP contribution in [0.3, 0.4) is 0 Å². The van der Waals surface area contributed by atoms with Crippen molar-refractivity contribution in [1.82, 2.24) is 9.84 Å². The van der Waals surface area contributed by atoms with E-state index in [-0.39, 0.29) is 9.70 Å². The molecule has 0 aromatic carbocycles. The van der Waals surface area contributed by atoms with Crippen LogP contribution < -0.4 is 5.43 Å². The summed E-state index contributed by atoms with van der Waals surface area (Å²) in [4.78, 5) is 0. The number of rotatable bonds is 0. The van der Waals surface area contributed by atoms with Crippen LogP contribution in [-0.4, -0.2) is 23.4 Å². The second-order valence-electron chi connectivity index (χ2n) is 1.32. The Labute approximate surface area is 50.7 Å². The Morgan fingerprint density at radius 2 is 2.71 bits per heavy atom. The quantitative estimate of drug-likeness (QED) is 0.282. The predicted octanol–water partition coefficient (Wildman–Crippen LogP) is 0.267. The fraction of sp³-hybridized carbons (Fsp3) is 0.667. The molecule has 7 heavy (non-hydrogen) atoms. The molecule has 0 saturated heterocycles. The SMILES string of the molecule is CN1NCC=S1S. The van der Waals surface area contributed by atoms with E-state index in [2.05, 4.69) is 22.5 Å². The maximum absolute atomic E-state index is 4.22. The van der Waals surface area contributed by atoms with E-state index in [9.17, 15) is 0 Å². The van der Waals surface area contributed by atoms with E-state index in [4.69, 9.17) is 0 Å². The van der Waals surface area contributed by atoms with Crippen LogP contribution in [0.25, 0.3) is 0 Å². The molecule has 0 radical (unpaired) electrons. The van der Waals surface area contributed by atoms with Crippen LogP contribution in [0.15, 0.2) is 0 Å². The normalized spacial score (nSPS) is 33.1. The van der Waals surface area contributed by atoms with Crippen LogP contribution in [0.1, 0.15) is 0 Å². The van der Waals surface area contributed by atoms with Crippen molar-refractivity contribution in [3.63, 3.8) is 0 Å². The third kappa shape index (κ3) is 1.19. The van der Waals surface area contributed by atoms with Gasteiger partial charge in [-0.15, -0.1) is 11.7 Å². The van der Waals surface area contributed by atoms with Gasteiger partial charge >= 0.3 is 0 Å². The van der Waals surface area contributed by atoms with Crippen LogP contribution in [0, 0.1) is 0 Å². The fourth-order valence-electron chi connectivity index (χ4n) is 0.418. The van der Waals surface area contributed by atoms with Crippen LogP contribution in [0.4, 0.5) is 0 Å². The lowest BCUT2D eigenvalue weighted by Gasteiger charge is -2.07. The number of hydrogen-bond acceptors (Lipinski definition) is 3. The Morgan fingerprint density at radius 1 is 2.00 bits per heavy atom. The molecular weight excluding hydrogens is 128 g/mol. The van der Waals surface area contributed by atoms with Crippen molar-refractivity contribution in [1.29, 1.82) is 0 Å². The third-order valence-electron chi connectivity index (χ3n) is 0.827. The van der Waals surface area contributed by atoms with Crippen molar-refractivity contribution in [3.8, 4) is 0 Å². The third-order valence-corrected chi connectivity index (χ3v) is 3.16. The summed E-state index contributed by atoms with van der Waals surface area (Å²) in [6.07, 6.45) is 0. The maximum Gasteiger partial charge on any atom is 0.0366 e. The highest BCUT2D eigenvalue weighted by Crippen LogP contribution is 2.21. The van der Waals surface area contributed by atoms with Gasteiger partial charge < -0.3 is 0 Å². The van der Waals surface area contributed by atoms with Crippen molar-refractivity contribution >= 4 is 26.7 Å². The second-order valence-corrected chi connectivity index (χ2v) is 3.91. The minimum Gasteiger partial charge on any atom is -0.241 e. The summed E-state index contributed by atoms with van der Waals surface area (Å²) in [6.45, 7) is 0.961. The summed E-state index contributed by atoms with van der Waals surface area (Å²) in [5, 5.41) is 2.13. The molecule has 1 heterocycles. The smallest absolute Gasteiger partial charge is 0.0366 e. The predicted molar refractivity (Wildman–Crippen MR) is 38.4 cm³/mol. The van der Waals surface area contributed by atoms with Crippen molar-refractivity contribution in [2.75, 3.05) is 13.6 Å². The molecule has 0 aromatic heterocycles. The first-order valence-electron chi connectivity index (χ1n) is 2.03. The molecule has 4 heteroatoms. The molecule has 1 N–H and O–H groups in total. The van der Waals surface area contributed by atoms with Gasteiger partial charge in [-0.3, -0.25) is 0 Å².